The smallest absolute Gasteiger partial charge is 0.230 e. The summed E-state index contributed by atoms with van der Waals surface area (Å²) in [5.74, 6) is -0.0117. The maximum atomic E-state index is 13.2. The first kappa shape index (κ1) is 19.3. The van der Waals surface area contributed by atoms with Crippen LogP contribution in [0.15, 0.2) is 60.7 Å². The zero-order chi connectivity index (χ0) is 18.9. The first-order valence-electron chi connectivity index (χ1n) is 10.1. The predicted octanol–water partition coefficient (Wildman–Crippen LogP) is 4.76. The fraction of sp³-hybridized carbons (Fsp3) is 0.417. The Labute approximate surface area is 162 Å². The lowest BCUT2D eigenvalue weighted by atomic mass is 9.91. The van der Waals surface area contributed by atoms with Crippen molar-refractivity contribution in [2.45, 2.75) is 56.9 Å². The van der Waals surface area contributed by atoms with Crippen molar-refractivity contribution in [1.82, 2.24) is 4.90 Å². The van der Waals surface area contributed by atoms with Crippen LogP contribution in [0.3, 0.4) is 0 Å². The minimum absolute atomic E-state index is 0.124. The van der Waals surface area contributed by atoms with Gasteiger partial charge in [-0.2, -0.15) is 0 Å². The molecule has 0 radical (unpaired) electrons. The number of aryl methyl sites for hydroxylation is 1. The molecule has 142 valence electrons. The van der Waals surface area contributed by atoms with Gasteiger partial charge in [-0.15, -0.1) is 0 Å². The summed E-state index contributed by atoms with van der Waals surface area (Å²) in [6.07, 6.45) is 7.87. The van der Waals surface area contributed by atoms with Gasteiger partial charge < -0.3 is 9.69 Å². The molecule has 3 rings (SSSR count). The molecule has 1 aliphatic heterocycles. The molecule has 1 saturated heterocycles. The van der Waals surface area contributed by atoms with Gasteiger partial charge >= 0.3 is 0 Å². The second-order valence-electron chi connectivity index (χ2n) is 7.43. The topological polar surface area (TPSA) is 37.4 Å². The summed E-state index contributed by atoms with van der Waals surface area (Å²) in [5, 5.41) is 0. The third-order valence-electron chi connectivity index (χ3n) is 5.54. The highest BCUT2D eigenvalue weighted by Crippen LogP contribution is 2.28. The molecule has 0 aliphatic carbocycles. The Morgan fingerprint density at radius 2 is 1.70 bits per heavy atom. The summed E-state index contributed by atoms with van der Waals surface area (Å²) in [6, 6.07) is 20.4. The Bertz CT molecular complexity index is 714. The molecule has 3 heteroatoms. The monoisotopic (exact) mass is 363 g/mol. The van der Waals surface area contributed by atoms with E-state index in [4.69, 9.17) is 0 Å². The van der Waals surface area contributed by atoms with Gasteiger partial charge in [-0.3, -0.25) is 4.79 Å². The first-order chi connectivity index (χ1) is 13.3. The number of benzene rings is 2. The summed E-state index contributed by atoms with van der Waals surface area (Å²) < 4.78 is 0. The molecular formula is C24H29NO2. The summed E-state index contributed by atoms with van der Waals surface area (Å²) in [7, 11) is 0. The van der Waals surface area contributed by atoms with E-state index in [2.05, 4.69) is 24.3 Å². The lowest BCUT2D eigenvalue weighted by Gasteiger charge is -2.26. The molecule has 1 amide bonds. The SMILES string of the molecule is O=C[C@@H]1CCCN1C(=O)C(CCCCCc1ccccc1)c1ccccc1. The van der Waals surface area contributed by atoms with Crippen molar-refractivity contribution in [2.24, 2.45) is 0 Å². The van der Waals surface area contributed by atoms with Crippen LogP contribution in [-0.4, -0.2) is 29.7 Å². The number of nitrogens with zero attached hydrogens (tertiary/aromatic N) is 1. The highest BCUT2D eigenvalue weighted by atomic mass is 16.2. The Balaban J connectivity index is 1.57. The van der Waals surface area contributed by atoms with Crippen LogP contribution in [0, 0.1) is 0 Å². The van der Waals surface area contributed by atoms with Gasteiger partial charge in [0.2, 0.25) is 5.91 Å². The number of unbranched alkanes of at least 4 members (excludes halogenated alkanes) is 2. The van der Waals surface area contributed by atoms with Gasteiger partial charge in [0.1, 0.15) is 6.29 Å². The third-order valence-corrected chi connectivity index (χ3v) is 5.54. The number of hydrogen-bond acceptors (Lipinski definition) is 2. The Hall–Kier alpha value is -2.42. The molecule has 0 spiro atoms. The molecule has 3 nitrogen and oxygen atoms in total. The highest BCUT2D eigenvalue weighted by molar-refractivity contribution is 5.86. The minimum atomic E-state index is -0.234. The summed E-state index contributed by atoms with van der Waals surface area (Å²) in [5.41, 5.74) is 2.45. The number of rotatable bonds is 9. The maximum Gasteiger partial charge on any atom is 0.230 e. The summed E-state index contributed by atoms with van der Waals surface area (Å²) >= 11 is 0. The van der Waals surface area contributed by atoms with Crippen LogP contribution < -0.4 is 0 Å². The van der Waals surface area contributed by atoms with Gasteiger partial charge in [0.15, 0.2) is 0 Å². The molecule has 1 fully saturated rings. The molecule has 1 aliphatic rings. The van der Waals surface area contributed by atoms with E-state index in [1.54, 1.807) is 4.90 Å². The Morgan fingerprint density at radius 1 is 1.00 bits per heavy atom. The van der Waals surface area contributed by atoms with Crippen LogP contribution in [0.2, 0.25) is 0 Å². The average molecular weight is 364 g/mol. The quantitative estimate of drug-likeness (QED) is 0.476. The summed E-state index contributed by atoms with van der Waals surface area (Å²) in [6.45, 7) is 0.708. The molecular weight excluding hydrogens is 334 g/mol. The van der Waals surface area contributed by atoms with E-state index < -0.39 is 0 Å². The number of carbonyl (C=O) groups is 2. The normalized spacial score (nSPS) is 17.6. The zero-order valence-electron chi connectivity index (χ0n) is 15.9. The van der Waals surface area contributed by atoms with E-state index in [9.17, 15) is 9.59 Å². The number of amides is 1. The third kappa shape index (κ3) is 5.29. The minimum Gasteiger partial charge on any atom is -0.332 e. The molecule has 2 aromatic rings. The lowest BCUT2D eigenvalue weighted by Crippen LogP contribution is -2.39. The standard InChI is InChI=1S/C24H29NO2/c26-19-22-16-10-18-25(22)24(27)23(21-14-7-3-8-15-21)17-9-2-6-13-20-11-4-1-5-12-20/h1,3-5,7-8,11-12,14-15,19,22-23H,2,6,9-10,13,16-18H2/t22-,23?/m0/s1. The van der Waals surface area contributed by atoms with Gasteiger partial charge in [-0.25, -0.2) is 0 Å². The molecule has 2 aromatic carbocycles. The molecule has 0 N–H and O–H groups in total. The van der Waals surface area contributed by atoms with Crippen molar-refractivity contribution in [3.8, 4) is 0 Å². The van der Waals surface area contributed by atoms with Crippen molar-refractivity contribution in [3.63, 3.8) is 0 Å². The van der Waals surface area contributed by atoms with Crippen LogP contribution in [0.1, 0.15) is 55.6 Å². The average Bonchev–Trinajstić information content (AvgIpc) is 3.20. The molecule has 27 heavy (non-hydrogen) atoms. The molecule has 1 unspecified atom stereocenters. The fourth-order valence-electron chi connectivity index (χ4n) is 4.02. The van der Waals surface area contributed by atoms with E-state index in [-0.39, 0.29) is 17.9 Å². The molecule has 0 saturated carbocycles. The molecule has 0 aromatic heterocycles. The van der Waals surface area contributed by atoms with Crippen LogP contribution in [0.4, 0.5) is 0 Å². The Morgan fingerprint density at radius 3 is 2.41 bits per heavy atom. The van der Waals surface area contributed by atoms with Crippen molar-refractivity contribution in [3.05, 3.63) is 71.8 Å². The van der Waals surface area contributed by atoms with E-state index in [1.165, 1.54) is 5.56 Å². The largest absolute Gasteiger partial charge is 0.332 e. The highest BCUT2D eigenvalue weighted by Gasteiger charge is 2.33. The van der Waals surface area contributed by atoms with Crippen LogP contribution in [-0.2, 0) is 16.0 Å². The number of likely N-dealkylation sites (tertiary alicyclic amines) is 1. The zero-order valence-corrected chi connectivity index (χ0v) is 15.9. The van der Waals surface area contributed by atoms with Crippen molar-refractivity contribution >= 4 is 12.2 Å². The van der Waals surface area contributed by atoms with Gasteiger partial charge in [0.05, 0.1) is 12.0 Å². The predicted molar refractivity (Wildman–Crippen MR) is 109 cm³/mol. The molecule has 2 atom stereocenters. The van der Waals surface area contributed by atoms with E-state index >= 15 is 0 Å². The first-order valence-corrected chi connectivity index (χ1v) is 10.1. The van der Waals surface area contributed by atoms with Crippen molar-refractivity contribution in [1.29, 1.82) is 0 Å². The number of carbonyl (C=O) groups excluding carboxylic acids is 2. The van der Waals surface area contributed by atoms with Crippen LogP contribution in [0.5, 0.6) is 0 Å². The molecule has 0 bridgehead atoms. The van der Waals surface area contributed by atoms with Gasteiger partial charge in [0, 0.05) is 6.54 Å². The van der Waals surface area contributed by atoms with Gasteiger partial charge in [0.25, 0.3) is 0 Å². The lowest BCUT2D eigenvalue weighted by molar-refractivity contribution is -0.136. The second-order valence-corrected chi connectivity index (χ2v) is 7.43. The van der Waals surface area contributed by atoms with Crippen LogP contribution >= 0.6 is 0 Å². The van der Waals surface area contributed by atoms with Crippen molar-refractivity contribution < 1.29 is 9.59 Å². The number of hydrogen-bond donors (Lipinski definition) is 0. The fourth-order valence-corrected chi connectivity index (χ4v) is 4.02. The summed E-state index contributed by atoms with van der Waals surface area (Å²) in [4.78, 5) is 26.3. The van der Waals surface area contributed by atoms with Gasteiger partial charge in [-0.05, 0) is 43.2 Å². The van der Waals surface area contributed by atoms with Gasteiger partial charge in [-0.1, -0.05) is 73.5 Å². The van der Waals surface area contributed by atoms with E-state index in [0.717, 1.165) is 56.8 Å². The Kier molecular flexibility index (Phi) is 7.20. The second kappa shape index (κ2) is 10.1. The van der Waals surface area contributed by atoms with Crippen molar-refractivity contribution in [2.75, 3.05) is 6.54 Å². The number of aldehydes is 1. The molecule has 1 heterocycles. The van der Waals surface area contributed by atoms with E-state index in [1.807, 2.05) is 36.4 Å². The van der Waals surface area contributed by atoms with Crippen LogP contribution in [0.25, 0.3) is 0 Å². The van der Waals surface area contributed by atoms with E-state index in [0.29, 0.717) is 6.54 Å². The maximum absolute atomic E-state index is 13.2.